The molecule has 0 spiro atoms. The number of hydrogen-bond acceptors (Lipinski definition) is 5. The lowest BCUT2D eigenvalue weighted by molar-refractivity contribution is 0.306. The van der Waals surface area contributed by atoms with Crippen molar-refractivity contribution in [3.63, 3.8) is 0 Å². The number of nitrogens with zero attached hydrogens (tertiary/aromatic N) is 2. The van der Waals surface area contributed by atoms with Crippen LogP contribution in [0.25, 0.3) is 22.8 Å². The van der Waals surface area contributed by atoms with Gasteiger partial charge >= 0.3 is 0 Å². The molecule has 35 heavy (non-hydrogen) atoms. The van der Waals surface area contributed by atoms with E-state index in [1.54, 1.807) is 6.20 Å². The minimum absolute atomic E-state index is 0.514. The fraction of sp³-hybridized carbons (Fsp3) is 0.143. The van der Waals surface area contributed by atoms with Gasteiger partial charge in [0.1, 0.15) is 40.2 Å². The van der Waals surface area contributed by atoms with E-state index >= 15 is 0 Å². The van der Waals surface area contributed by atoms with Crippen LogP contribution in [0.3, 0.4) is 0 Å². The summed E-state index contributed by atoms with van der Waals surface area (Å²) in [6.07, 6.45) is 3.16. The molecule has 1 N–H and O–H groups in total. The summed E-state index contributed by atoms with van der Waals surface area (Å²) < 4.78 is 17.9. The molecule has 0 amide bonds. The molecule has 0 bridgehead atoms. The molecule has 0 aliphatic carbocycles. The highest BCUT2D eigenvalue weighted by molar-refractivity contribution is 6.30. The van der Waals surface area contributed by atoms with Crippen LogP contribution in [-0.2, 0) is 6.42 Å². The summed E-state index contributed by atoms with van der Waals surface area (Å²) in [5.74, 6) is 4.47. The van der Waals surface area contributed by atoms with Crippen molar-refractivity contribution in [2.24, 2.45) is 0 Å². The Morgan fingerprint density at radius 1 is 0.886 bits per heavy atom. The van der Waals surface area contributed by atoms with Crippen LogP contribution in [0, 0.1) is 6.92 Å². The van der Waals surface area contributed by atoms with Crippen molar-refractivity contribution in [1.29, 1.82) is 0 Å². The van der Waals surface area contributed by atoms with Crippen molar-refractivity contribution < 1.29 is 13.9 Å². The number of ether oxygens (including phenoxy) is 2. The summed E-state index contributed by atoms with van der Waals surface area (Å²) in [7, 11) is 0. The predicted octanol–water partition coefficient (Wildman–Crippen LogP) is 7.50. The van der Waals surface area contributed by atoms with E-state index in [1.807, 2.05) is 85.8 Å². The van der Waals surface area contributed by atoms with Gasteiger partial charge in [0, 0.05) is 17.0 Å². The number of halogens is 1. The predicted molar refractivity (Wildman–Crippen MR) is 136 cm³/mol. The van der Waals surface area contributed by atoms with Crippen LogP contribution >= 0.6 is 11.6 Å². The summed E-state index contributed by atoms with van der Waals surface area (Å²) in [4.78, 5) is 12.2. The van der Waals surface area contributed by atoms with Gasteiger partial charge in [-0.25, -0.2) is 9.97 Å². The second-order valence-corrected chi connectivity index (χ2v) is 8.45. The molecule has 0 saturated heterocycles. The fourth-order valence-electron chi connectivity index (χ4n) is 3.65. The van der Waals surface area contributed by atoms with E-state index in [1.165, 1.54) is 0 Å². The molecular formula is C28H24ClN3O3. The van der Waals surface area contributed by atoms with Gasteiger partial charge in [-0.3, -0.25) is 0 Å². The smallest absolute Gasteiger partial charge is 0.245 e. The molecule has 2 aromatic heterocycles. The molecule has 0 radical (unpaired) electrons. The number of benzene rings is 3. The summed E-state index contributed by atoms with van der Waals surface area (Å²) >= 11 is 6.07. The van der Waals surface area contributed by atoms with Gasteiger partial charge in [-0.2, -0.15) is 0 Å². The first-order valence-electron chi connectivity index (χ1n) is 11.4. The maximum absolute atomic E-state index is 6.14. The van der Waals surface area contributed by atoms with Gasteiger partial charge in [0.2, 0.25) is 5.89 Å². The first kappa shape index (κ1) is 22.7. The monoisotopic (exact) mass is 485 g/mol. The number of H-pyrrole nitrogens is 1. The molecule has 0 fully saturated rings. The molecule has 0 aliphatic rings. The first-order chi connectivity index (χ1) is 17.1. The van der Waals surface area contributed by atoms with E-state index in [0.29, 0.717) is 23.9 Å². The molecule has 0 atom stereocenters. The van der Waals surface area contributed by atoms with Crippen LogP contribution in [-0.4, -0.2) is 21.6 Å². The van der Waals surface area contributed by atoms with E-state index in [2.05, 4.69) is 9.97 Å². The van der Waals surface area contributed by atoms with Crippen molar-refractivity contribution in [2.75, 3.05) is 6.61 Å². The second kappa shape index (κ2) is 10.5. The van der Waals surface area contributed by atoms with E-state index in [4.69, 9.17) is 30.5 Å². The van der Waals surface area contributed by atoms with Crippen molar-refractivity contribution in [2.45, 2.75) is 19.8 Å². The lowest BCUT2D eigenvalue weighted by Gasteiger charge is -2.08. The minimum Gasteiger partial charge on any atom is -0.494 e. The van der Waals surface area contributed by atoms with Crippen molar-refractivity contribution in [3.8, 4) is 40.1 Å². The zero-order valence-corrected chi connectivity index (χ0v) is 20.0. The fourth-order valence-corrected chi connectivity index (χ4v) is 3.78. The number of rotatable bonds is 9. The molecule has 0 unspecified atom stereocenters. The summed E-state index contributed by atoms with van der Waals surface area (Å²) in [5, 5.41) is 0.678. The highest BCUT2D eigenvalue weighted by Gasteiger charge is 2.17. The Bertz CT molecular complexity index is 1380. The Hall–Kier alpha value is -4.03. The van der Waals surface area contributed by atoms with E-state index in [9.17, 15) is 0 Å². The third-order valence-corrected chi connectivity index (χ3v) is 5.62. The number of imidazole rings is 1. The van der Waals surface area contributed by atoms with E-state index in [-0.39, 0.29) is 0 Å². The van der Waals surface area contributed by atoms with Gasteiger partial charge in [-0.15, -0.1) is 0 Å². The molecule has 5 aromatic rings. The Kier molecular flexibility index (Phi) is 6.82. The van der Waals surface area contributed by atoms with Crippen molar-refractivity contribution in [1.82, 2.24) is 15.0 Å². The quantitative estimate of drug-likeness (QED) is 0.219. The van der Waals surface area contributed by atoms with Crippen LogP contribution < -0.4 is 9.47 Å². The van der Waals surface area contributed by atoms with Crippen LogP contribution in [0.4, 0.5) is 0 Å². The lowest BCUT2D eigenvalue weighted by Crippen LogP contribution is -1.99. The van der Waals surface area contributed by atoms with Gasteiger partial charge in [0.25, 0.3) is 0 Å². The Morgan fingerprint density at radius 2 is 1.60 bits per heavy atom. The molecule has 0 saturated carbocycles. The molecule has 176 valence electrons. The standard InChI is InChI=1S/C28H24ClN3O3/c1-19-30-18-25(31-19)28-32-27(20-9-11-21(29)12-10-20)26(35-28)8-5-17-33-22-13-15-24(16-14-22)34-23-6-3-2-4-7-23/h2-4,6-7,9-16,18H,5,8,17H2,1H3,(H,30,31). The van der Waals surface area contributed by atoms with Crippen LogP contribution in [0.2, 0.25) is 5.02 Å². The minimum atomic E-state index is 0.514. The molecule has 5 rings (SSSR count). The highest BCUT2D eigenvalue weighted by Crippen LogP contribution is 2.30. The zero-order chi connectivity index (χ0) is 24.0. The number of para-hydroxylation sites is 1. The summed E-state index contributed by atoms with van der Waals surface area (Å²) in [5.41, 5.74) is 2.50. The molecule has 0 aliphatic heterocycles. The summed E-state index contributed by atoms with van der Waals surface area (Å²) in [6.45, 7) is 2.43. The summed E-state index contributed by atoms with van der Waals surface area (Å²) in [6, 6.07) is 24.9. The van der Waals surface area contributed by atoms with Crippen LogP contribution in [0.5, 0.6) is 17.2 Å². The van der Waals surface area contributed by atoms with Crippen LogP contribution in [0.15, 0.2) is 89.5 Å². The average Bonchev–Trinajstić information content (AvgIpc) is 3.50. The number of oxazole rings is 1. The van der Waals surface area contributed by atoms with Crippen LogP contribution in [0.1, 0.15) is 18.0 Å². The SMILES string of the molecule is Cc1ncc(-c2nc(-c3ccc(Cl)cc3)c(CCCOc3ccc(Oc4ccccc4)cc3)o2)[nH]1. The first-order valence-corrected chi connectivity index (χ1v) is 11.8. The number of aromatic nitrogens is 3. The molecular weight excluding hydrogens is 462 g/mol. The second-order valence-electron chi connectivity index (χ2n) is 8.02. The molecule has 7 heteroatoms. The molecule has 6 nitrogen and oxygen atoms in total. The number of aromatic amines is 1. The van der Waals surface area contributed by atoms with Gasteiger partial charge in [-0.1, -0.05) is 41.9 Å². The normalized spacial score (nSPS) is 10.9. The van der Waals surface area contributed by atoms with Gasteiger partial charge in [0.05, 0.1) is 12.8 Å². The number of nitrogens with one attached hydrogen (secondary N) is 1. The average molecular weight is 486 g/mol. The van der Waals surface area contributed by atoms with Crippen molar-refractivity contribution in [3.05, 3.63) is 102 Å². The maximum Gasteiger partial charge on any atom is 0.245 e. The Labute approximate surface area is 208 Å². The maximum atomic E-state index is 6.14. The Balaban J connectivity index is 1.22. The van der Waals surface area contributed by atoms with Crippen molar-refractivity contribution >= 4 is 11.6 Å². The third kappa shape index (κ3) is 5.73. The largest absolute Gasteiger partial charge is 0.494 e. The van der Waals surface area contributed by atoms with Gasteiger partial charge < -0.3 is 18.9 Å². The number of aryl methyl sites for hydroxylation is 2. The van der Waals surface area contributed by atoms with E-state index in [0.717, 1.165) is 52.2 Å². The molecule has 3 aromatic carbocycles. The molecule has 2 heterocycles. The third-order valence-electron chi connectivity index (χ3n) is 5.37. The number of hydrogen-bond donors (Lipinski definition) is 1. The Morgan fingerprint density at radius 3 is 2.31 bits per heavy atom. The van der Waals surface area contributed by atoms with Gasteiger partial charge in [0.15, 0.2) is 0 Å². The lowest BCUT2D eigenvalue weighted by atomic mass is 10.1. The highest BCUT2D eigenvalue weighted by atomic mass is 35.5. The zero-order valence-electron chi connectivity index (χ0n) is 19.2. The topological polar surface area (TPSA) is 73.2 Å². The van der Waals surface area contributed by atoms with E-state index < -0.39 is 0 Å². The van der Waals surface area contributed by atoms with Gasteiger partial charge in [-0.05, 0) is 61.9 Å².